The van der Waals surface area contributed by atoms with Crippen molar-refractivity contribution >= 4 is 40.6 Å². The van der Waals surface area contributed by atoms with Crippen LogP contribution in [0.15, 0.2) is 71.6 Å². The number of hydrogen-bond donors (Lipinski definition) is 2. The molecule has 3 aromatic carbocycles. The highest BCUT2D eigenvalue weighted by Crippen LogP contribution is 2.32. The van der Waals surface area contributed by atoms with Crippen LogP contribution in [0.5, 0.6) is 11.5 Å². The smallest absolute Gasteiger partial charge is 0.269 e. The molecule has 0 aliphatic heterocycles. The van der Waals surface area contributed by atoms with E-state index in [1.807, 2.05) is 13.0 Å². The van der Waals surface area contributed by atoms with Crippen molar-refractivity contribution in [3.8, 4) is 11.5 Å². The lowest BCUT2D eigenvalue weighted by Gasteiger charge is -2.17. The van der Waals surface area contributed by atoms with Crippen LogP contribution in [0.3, 0.4) is 0 Å². The Balaban J connectivity index is 1.67. The normalized spacial score (nSPS) is 11.3. The van der Waals surface area contributed by atoms with Crippen LogP contribution in [0.1, 0.15) is 23.7 Å². The van der Waals surface area contributed by atoms with E-state index < -0.39 is 10.8 Å². The van der Waals surface area contributed by atoms with Crippen LogP contribution in [0.4, 0.5) is 17.1 Å². The monoisotopic (exact) mass is 495 g/mol. The van der Waals surface area contributed by atoms with Gasteiger partial charge in [-0.15, -0.1) is 11.8 Å². The molecule has 0 aliphatic carbocycles. The maximum absolute atomic E-state index is 13.0. The second-order valence-corrected chi connectivity index (χ2v) is 8.63. The molecule has 10 heteroatoms. The summed E-state index contributed by atoms with van der Waals surface area (Å²) < 4.78 is 10.5. The Bertz CT molecular complexity index is 1220. The third-order valence-corrected chi connectivity index (χ3v) is 6.40. The van der Waals surface area contributed by atoms with Gasteiger partial charge in [-0.2, -0.15) is 0 Å². The van der Waals surface area contributed by atoms with Gasteiger partial charge in [0.1, 0.15) is 11.5 Å². The number of rotatable bonds is 10. The van der Waals surface area contributed by atoms with Gasteiger partial charge in [0.05, 0.1) is 30.1 Å². The number of hydrogen-bond acceptors (Lipinski definition) is 7. The summed E-state index contributed by atoms with van der Waals surface area (Å²) in [4.78, 5) is 36.6. The summed E-state index contributed by atoms with van der Waals surface area (Å²) in [5.74, 6) is 0.544. The molecule has 1 atom stereocenters. The Labute approximate surface area is 207 Å². The maximum Gasteiger partial charge on any atom is 0.269 e. The Morgan fingerprint density at radius 3 is 2.37 bits per heavy atom. The van der Waals surface area contributed by atoms with Crippen LogP contribution in [-0.4, -0.2) is 36.2 Å². The SMILES string of the molecule is CCC(Sc1cccc(NC(=O)c2ccc([N+](=O)[O-])cc2)c1)C(=O)Nc1ccc(OC)cc1OC. The summed E-state index contributed by atoms with van der Waals surface area (Å²) in [7, 11) is 3.08. The first-order valence-electron chi connectivity index (χ1n) is 10.7. The number of nitro groups is 1. The van der Waals surface area contributed by atoms with Crippen molar-refractivity contribution in [3.05, 3.63) is 82.4 Å². The quantitative estimate of drug-likeness (QED) is 0.220. The molecule has 0 fully saturated rings. The number of nitrogens with one attached hydrogen (secondary N) is 2. The maximum atomic E-state index is 13.0. The number of thioether (sulfide) groups is 1. The number of ether oxygens (including phenoxy) is 2. The van der Waals surface area contributed by atoms with Gasteiger partial charge < -0.3 is 20.1 Å². The molecule has 0 aromatic heterocycles. The zero-order valence-electron chi connectivity index (χ0n) is 19.4. The van der Waals surface area contributed by atoms with Gasteiger partial charge in [-0.25, -0.2) is 0 Å². The number of amides is 2. The number of benzene rings is 3. The first-order chi connectivity index (χ1) is 16.8. The third-order valence-electron chi connectivity index (χ3n) is 5.04. The van der Waals surface area contributed by atoms with Gasteiger partial charge in [-0.3, -0.25) is 19.7 Å². The van der Waals surface area contributed by atoms with Gasteiger partial charge in [-0.1, -0.05) is 13.0 Å². The summed E-state index contributed by atoms with van der Waals surface area (Å²) in [5, 5.41) is 16.1. The second kappa shape index (κ2) is 11.9. The van der Waals surface area contributed by atoms with E-state index in [4.69, 9.17) is 9.47 Å². The minimum atomic E-state index is -0.520. The number of methoxy groups -OCH3 is 2. The van der Waals surface area contributed by atoms with Gasteiger partial charge in [0.25, 0.3) is 11.6 Å². The van der Waals surface area contributed by atoms with E-state index in [0.29, 0.717) is 34.9 Å². The highest BCUT2D eigenvalue weighted by molar-refractivity contribution is 8.00. The fraction of sp³-hybridized carbons (Fsp3) is 0.200. The molecule has 9 nitrogen and oxygen atoms in total. The molecule has 3 aromatic rings. The van der Waals surface area contributed by atoms with Crippen LogP contribution in [0.25, 0.3) is 0 Å². The van der Waals surface area contributed by atoms with Crippen molar-refractivity contribution in [1.82, 2.24) is 0 Å². The molecule has 0 bridgehead atoms. The molecule has 2 N–H and O–H groups in total. The lowest BCUT2D eigenvalue weighted by molar-refractivity contribution is -0.384. The van der Waals surface area contributed by atoms with Gasteiger partial charge in [0.15, 0.2) is 0 Å². The van der Waals surface area contributed by atoms with Gasteiger partial charge >= 0.3 is 0 Å². The molecule has 35 heavy (non-hydrogen) atoms. The van der Waals surface area contributed by atoms with Crippen LogP contribution < -0.4 is 20.1 Å². The van der Waals surface area contributed by atoms with E-state index >= 15 is 0 Å². The largest absolute Gasteiger partial charge is 0.497 e. The van der Waals surface area contributed by atoms with E-state index in [9.17, 15) is 19.7 Å². The summed E-state index contributed by atoms with van der Waals surface area (Å²) >= 11 is 1.38. The van der Waals surface area contributed by atoms with Crippen LogP contribution in [-0.2, 0) is 4.79 Å². The molecular weight excluding hydrogens is 470 g/mol. The predicted molar refractivity (Wildman–Crippen MR) is 136 cm³/mol. The molecule has 0 heterocycles. The Hall–Kier alpha value is -4.05. The summed E-state index contributed by atoms with van der Waals surface area (Å²) in [5.41, 5.74) is 1.30. The van der Waals surface area contributed by atoms with Crippen LogP contribution in [0, 0.1) is 10.1 Å². The molecule has 0 saturated heterocycles. The average Bonchev–Trinajstić information content (AvgIpc) is 2.87. The van der Waals surface area contributed by atoms with Crippen molar-refractivity contribution in [2.24, 2.45) is 0 Å². The Kier molecular flexibility index (Phi) is 8.69. The van der Waals surface area contributed by atoms with Crippen molar-refractivity contribution in [2.45, 2.75) is 23.5 Å². The molecule has 2 amide bonds. The molecule has 0 aliphatic rings. The van der Waals surface area contributed by atoms with Crippen molar-refractivity contribution < 1.29 is 24.0 Å². The van der Waals surface area contributed by atoms with Crippen molar-refractivity contribution in [1.29, 1.82) is 0 Å². The number of nitrogens with zero attached hydrogens (tertiary/aromatic N) is 1. The highest BCUT2D eigenvalue weighted by atomic mass is 32.2. The van der Waals surface area contributed by atoms with Crippen molar-refractivity contribution in [2.75, 3.05) is 24.9 Å². The van der Waals surface area contributed by atoms with Crippen molar-refractivity contribution in [3.63, 3.8) is 0 Å². The standard InChI is InChI=1S/C25H25N3O6S/c1-4-23(25(30)27-21-13-12-19(33-2)15-22(21)34-3)35-20-7-5-6-17(14-20)26-24(29)16-8-10-18(11-9-16)28(31)32/h5-15,23H,4H2,1-3H3,(H,26,29)(H,27,30). The zero-order valence-corrected chi connectivity index (χ0v) is 20.3. The number of anilines is 2. The van der Waals surface area contributed by atoms with Crippen LogP contribution in [0.2, 0.25) is 0 Å². The molecule has 3 rings (SSSR count). The van der Waals surface area contributed by atoms with E-state index in [0.717, 1.165) is 4.90 Å². The van der Waals surface area contributed by atoms with Gasteiger partial charge in [0, 0.05) is 34.3 Å². The van der Waals surface area contributed by atoms with Gasteiger partial charge in [-0.05, 0) is 48.9 Å². The van der Waals surface area contributed by atoms with E-state index in [-0.39, 0.29) is 16.8 Å². The van der Waals surface area contributed by atoms with Crippen LogP contribution >= 0.6 is 11.8 Å². The molecule has 0 saturated carbocycles. The molecule has 1 unspecified atom stereocenters. The fourth-order valence-electron chi connectivity index (χ4n) is 3.19. The first kappa shape index (κ1) is 25.6. The fourth-order valence-corrected chi connectivity index (χ4v) is 4.20. The van der Waals surface area contributed by atoms with E-state index in [1.165, 1.54) is 43.1 Å². The lowest BCUT2D eigenvalue weighted by Crippen LogP contribution is -2.24. The number of carbonyl (C=O) groups excluding carboxylic acids is 2. The number of nitro benzene ring substituents is 1. The molecular formula is C25H25N3O6S. The zero-order chi connectivity index (χ0) is 25.4. The summed E-state index contributed by atoms with van der Waals surface area (Å²) in [6.45, 7) is 1.92. The summed E-state index contributed by atoms with van der Waals surface area (Å²) in [6, 6.07) is 17.7. The highest BCUT2D eigenvalue weighted by Gasteiger charge is 2.20. The number of non-ortho nitro benzene ring substituents is 1. The topological polar surface area (TPSA) is 120 Å². The Morgan fingerprint density at radius 1 is 1.00 bits per heavy atom. The molecule has 0 spiro atoms. The first-order valence-corrected chi connectivity index (χ1v) is 11.6. The van der Waals surface area contributed by atoms with Gasteiger partial charge in [0.2, 0.25) is 5.91 Å². The third kappa shape index (κ3) is 6.73. The minimum absolute atomic E-state index is 0.0870. The Morgan fingerprint density at radius 2 is 1.74 bits per heavy atom. The van der Waals surface area contributed by atoms with E-state index in [2.05, 4.69) is 10.6 Å². The lowest BCUT2D eigenvalue weighted by atomic mass is 10.2. The minimum Gasteiger partial charge on any atom is -0.497 e. The molecule has 182 valence electrons. The second-order valence-electron chi connectivity index (χ2n) is 7.36. The molecule has 0 radical (unpaired) electrons. The van der Waals surface area contributed by atoms with E-state index in [1.54, 1.807) is 43.5 Å². The summed E-state index contributed by atoms with van der Waals surface area (Å²) in [6.07, 6.45) is 0.578. The predicted octanol–water partition coefficient (Wildman–Crippen LogP) is 5.37. The number of carbonyl (C=O) groups is 2. The average molecular weight is 496 g/mol.